The smallest absolute Gasteiger partial charge is 0.0552 e. The molecule has 2 unspecified atom stereocenters. The van der Waals surface area contributed by atoms with Gasteiger partial charge in [0.05, 0.1) is 12.1 Å². The Morgan fingerprint density at radius 3 is 1.61 bits per heavy atom. The average Bonchev–Trinajstić information content (AvgIpc) is 3.15. The lowest BCUT2D eigenvalue weighted by Crippen LogP contribution is -2.13. The van der Waals surface area contributed by atoms with E-state index in [1.54, 1.807) is 0 Å². The highest BCUT2D eigenvalue weighted by Crippen LogP contribution is 2.53. The molecule has 0 radical (unpaired) electrons. The van der Waals surface area contributed by atoms with Crippen LogP contribution in [0.3, 0.4) is 0 Å². The van der Waals surface area contributed by atoms with Crippen molar-refractivity contribution in [2.45, 2.75) is 12.1 Å². The molecule has 0 saturated carbocycles. The second-order valence-corrected chi connectivity index (χ2v) is 4.74. The molecule has 2 atom stereocenters. The summed E-state index contributed by atoms with van der Waals surface area (Å²) in [6.45, 7) is 1.67. The molecule has 0 aliphatic carbocycles. The lowest BCUT2D eigenvalue weighted by molar-refractivity contribution is 0.496. The van der Waals surface area contributed by atoms with Crippen LogP contribution in [0.25, 0.3) is 0 Å². The summed E-state index contributed by atoms with van der Waals surface area (Å²) in [7, 11) is 0. The Kier molecular flexibility index (Phi) is 3.13. The molecule has 0 bridgehead atoms. The van der Waals surface area contributed by atoms with E-state index in [0.717, 1.165) is 6.54 Å². The summed E-state index contributed by atoms with van der Waals surface area (Å²) in [6.07, 6.45) is 0. The van der Waals surface area contributed by atoms with Crippen molar-refractivity contribution in [2.24, 2.45) is 5.73 Å². The van der Waals surface area contributed by atoms with Crippen LogP contribution >= 0.6 is 0 Å². The van der Waals surface area contributed by atoms with E-state index in [1.165, 1.54) is 11.1 Å². The monoisotopic (exact) mass is 238 g/mol. The normalized spacial score (nSPS) is 25.9. The molecule has 1 aliphatic heterocycles. The van der Waals surface area contributed by atoms with Gasteiger partial charge in [-0.25, -0.2) is 0 Å². The van der Waals surface area contributed by atoms with Crippen molar-refractivity contribution < 1.29 is 0 Å². The third kappa shape index (κ3) is 2.05. The molecule has 2 nitrogen and oxygen atoms in total. The summed E-state index contributed by atoms with van der Waals surface area (Å²) in [4.78, 5) is 2.46. The molecule has 0 spiro atoms. The first-order chi connectivity index (χ1) is 8.92. The van der Waals surface area contributed by atoms with Gasteiger partial charge in [-0.2, -0.15) is 0 Å². The first kappa shape index (κ1) is 11.5. The van der Waals surface area contributed by atoms with Crippen LogP contribution in [0.15, 0.2) is 60.7 Å². The molecular weight excluding hydrogens is 220 g/mol. The predicted molar refractivity (Wildman–Crippen MR) is 74.1 cm³/mol. The highest BCUT2D eigenvalue weighted by molar-refractivity contribution is 5.34. The first-order valence-electron chi connectivity index (χ1n) is 6.47. The van der Waals surface area contributed by atoms with Gasteiger partial charge in [0.15, 0.2) is 0 Å². The summed E-state index contributed by atoms with van der Waals surface area (Å²) in [6, 6.07) is 22.4. The van der Waals surface area contributed by atoms with Crippen LogP contribution in [0.1, 0.15) is 23.2 Å². The summed E-state index contributed by atoms with van der Waals surface area (Å²) in [5.41, 5.74) is 8.49. The summed E-state index contributed by atoms with van der Waals surface area (Å²) < 4.78 is 0. The van der Waals surface area contributed by atoms with Crippen LogP contribution in [0.2, 0.25) is 0 Å². The van der Waals surface area contributed by atoms with Gasteiger partial charge in [0.2, 0.25) is 0 Å². The van der Waals surface area contributed by atoms with E-state index in [2.05, 4.69) is 65.6 Å². The molecule has 1 heterocycles. The van der Waals surface area contributed by atoms with Crippen LogP contribution < -0.4 is 5.73 Å². The molecule has 1 saturated heterocycles. The third-order valence-corrected chi connectivity index (χ3v) is 3.59. The predicted octanol–water partition coefficient (Wildman–Crippen LogP) is 2.74. The van der Waals surface area contributed by atoms with Crippen molar-refractivity contribution in [2.75, 3.05) is 13.1 Å². The minimum Gasteiger partial charge on any atom is -0.329 e. The maximum atomic E-state index is 5.71. The molecule has 0 aromatic heterocycles. The van der Waals surface area contributed by atoms with Gasteiger partial charge >= 0.3 is 0 Å². The molecule has 2 N–H and O–H groups in total. The largest absolute Gasteiger partial charge is 0.329 e. The van der Waals surface area contributed by atoms with Crippen molar-refractivity contribution in [3.63, 3.8) is 0 Å². The zero-order chi connectivity index (χ0) is 12.4. The number of nitrogens with two attached hydrogens (primary N) is 1. The van der Waals surface area contributed by atoms with Gasteiger partial charge in [0.1, 0.15) is 0 Å². The Morgan fingerprint density at radius 2 is 1.22 bits per heavy atom. The molecule has 2 aromatic rings. The van der Waals surface area contributed by atoms with E-state index in [9.17, 15) is 0 Å². The van der Waals surface area contributed by atoms with Crippen molar-refractivity contribution in [1.82, 2.24) is 4.90 Å². The molecule has 1 fully saturated rings. The van der Waals surface area contributed by atoms with Crippen molar-refractivity contribution >= 4 is 0 Å². The number of benzene rings is 2. The van der Waals surface area contributed by atoms with Gasteiger partial charge in [-0.1, -0.05) is 60.7 Å². The molecule has 2 aromatic carbocycles. The van der Waals surface area contributed by atoms with Crippen LogP contribution in [-0.2, 0) is 0 Å². The maximum absolute atomic E-state index is 5.71. The zero-order valence-corrected chi connectivity index (χ0v) is 10.4. The topological polar surface area (TPSA) is 29.0 Å². The van der Waals surface area contributed by atoms with Crippen molar-refractivity contribution in [3.8, 4) is 0 Å². The summed E-state index contributed by atoms with van der Waals surface area (Å²) in [5, 5.41) is 0. The molecule has 92 valence electrons. The van der Waals surface area contributed by atoms with E-state index in [4.69, 9.17) is 5.73 Å². The van der Waals surface area contributed by atoms with Crippen LogP contribution in [0.5, 0.6) is 0 Å². The van der Waals surface area contributed by atoms with E-state index in [1.807, 2.05) is 0 Å². The Bertz CT molecular complexity index is 450. The molecule has 1 aliphatic rings. The van der Waals surface area contributed by atoms with Crippen LogP contribution in [-0.4, -0.2) is 18.0 Å². The lowest BCUT2D eigenvalue weighted by atomic mass is 10.0. The van der Waals surface area contributed by atoms with E-state index in [0.29, 0.717) is 18.6 Å². The minimum atomic E-state index is 0.497. The van der Waals surface area contributed by atoms with Gasteiger partial charge in [0.25, 0.3) is 0 Å². The second kappa shape index (κ2) is 4.92. The highest BCUT2D eigenvalue weighted by atomic mass is 15.4. The third-order valence-electron chi connectivity index (χ3n) is 3.59. The van der Waals surface area contributed by atoms with Crippen LogP contribution in [0.4, 0.5) is 0 Å². The number of rotatable bonds is 4. The van der Waals surface area contributed by atoms with E-state index >= 15 is 0 Å². The number of hydrogen-bond donors (Lipinski definition) is 1. The fourth-order valence-electron chi connectivity index (χ4n) is 2.75. The SMILES string of the molecule is NCCN1C(c2ccccc2)C1c1ccccc1. The van der Waals surface area contributed by atoms with Gasteiger partial charge < -0.3 is 5.73 Å². The second-order valence-electron chi connectivity index (χ2n) is 4.74. The minimum absolute atomic E-state index is 0.497. The highest BCUT2D eigenvalue weighted by Gasteiger charge is 2.48. The fourth-order valence-corrected chi connectivity index (χ4v) is 2.75. The zero-order valence-electron chi connectivity index (χ0n) is 10.4. The first-order valence-corrected chi connectivity index (χ1v) is 6.47. The van der Waals surface area contributed by atoms with E-state index in [-0.39, 0.29) is 0 Å². The summed E-state index contributed by atoms with van der Waals surface area (Å²) >= 11 is 0. The fraction of sp³-hybridized carbons (Fsp3) is 0.250. The number of hydrogen-bond acceptors (Lipinski definition) is 2. The Balaban J connectivity index is 1.86. The number of nitrogens with zero attached hydrogens (tertiary/aromatic N) is 1. The van der Waals surface area contributed by atoms with Gasteiger partial charge in [-0.05, 0) is 11.1 Å². The quantitative estimate of drug-likeness (QED) is 0.830. The van der Waals surface area contributed by atoms with Gasteiger partial charge in [-0.15, -0.1) is 0 Å². The average molecular weight is 238 g/mol. The van der Waals surface area contributed by atoms with Gasteiger partial charge in [0, 0.05) is 13.1 Å². The molecular formula is C16H18N2. The van der Waals surface area contributed by atoms with Crippen LogP contribution in [0, 0.1) is 0 Å². The molecule has 2 heteroatoms. The van der Waals surface area contributed by atoms with Crippen molar-refractivity contribution in [3.05, 3.63) is 71.8 Å². The van der Waals surface area contributed by atoms with Gasteiger partial charge in [-0.3, -0.25) is 4.90 Å². The van der Waals surface area contributed by atoms with E-state index < -0.39 is 0 Å². The van der Waals surface area contributed by atoms with Crippen molar-refractivity contribution in [1.29, 1.82) is 0 Å². The standard InChI is InChI=1S/C16H18N2/c17-11-12-18-15(13-7-3-1-4-8-13)16(18)14-9-5-2-6-10-14/h1-10,15-16H,11-12,17H2. The maximum Gasteiger partial charge on any atom is 0.0552 e. The molecule has 18 heavy (non-hydrogen) atoms. The molecule has 3 rings (SSSR count). The molecule has 0 amide bonds. The Morgan fingerprint density at radius 1 is 0.778 bits per heavy atom. The Hall–Kier alpha value is -1.64. The summed E-state index contributed by atoms with van der Waals surface area (Å²) in [5.74, 6) is 0. The Labute approximate surface area is 108 Å². The lowest BCUT2D eigenvalue weighted by Gasteiger charge is -2.00.